The molecule has 7 nitrogen and oxygen atoms in total. The fourth-order valence-corrected chi connectivity index (χ4v) is 3.17. The minimum absolute atomic E-state index is 0.395. The summed E-state index contributed by atoms with van der Waals surface area (Å²) in [5.41, 5.74) is 0.410. The van der Waals surface area contributed by atoms with Crippen LogP contribution in [0.3, 0.4) is 0 Å². The van der Waals surface area contributed by atoms with Crippen LogP contribution in [0.2, 0.25) is 0 Å². The van der Waals surface area contributed by atoms with Crippen molar-refractivity contribution in [1.29, 1.82) is 5.26 Å². The summed E-state index contributed by atoms with van der Waals surface area (Å²) in [4.78, 5) is 21.7. The van der Waals surface area contributed by atoms with Crippen molar-refractivity contribution >= 4 is 11.8 Å². The highest BCUT2D eigenvalue weighted by atomic mass is 15.3. The van der Waals surface area contributed by atoms with Crippen LogP contribution in [0, 0.1) is 11.3 Å². The highest BCUT2D eigenvalue weighted by Crippen LogP contribution is 2.35. The minimum Gasteiger partial charge on any atom is -0.349 e. The van der Waals surface area contributed by atoms with Crippen LogP contribution in [0.1, 0.15) is 25.0 Å². The molecule has 1 aliphatic carbocycles. The molecule has 116 valence electrons. The van der Waals surface area contributed by atoms with E-state index < -0.39 is 0 Å². The Morgan fingerprint density at radius 2 is 2.04 bits per heavy atom. The van der Waals surface area contributed by atoms with Gasteiger partial charge in [0.25, 0.3) is 0 Å². The van der Waals surface area contributed by atoms with E-state index in [1.807, 2.05) is 6.07 Å². The van der Waals surface area contributed by atoms with Crippen LogP contribution in [0.25, 0.3) is 0 Å². The zero-order chi connectivity index (χ0) is 15.6. The topological polar surface area (TPSA) is 81.8 Å². The Bertz CT molecular complexity index is 723. The summed E-state index contributed by atoms with van der Waals surface area (Å²) in [6.45, 7) is 1.75. The van der Waals surface area contributed by atoms with E-state index in [1.165, 1.54) is 12.8 Å². The molecule has 4 rings (SSSR count). The van der Waals surface area contributed by atoms with Crippen LogP contribution in [0.5, 0.6) is 0 Å². The van der Waals surface area contributed by atoms with Crippen molar-refractivity contribution in [1.82, 2.24) is 19.9 Å². The lowest BCUT2D eigenvalue weighted by atomic mass is 10.2. The summed E-state index contributed by atoms with van der Waals surface area (Å²) in [5, 5.41) is 8.99. The normalized spacial score (nSPS) is 20.3. The lowest BCUT2D eigenvalue weighted by Gasteiger charge is -2.30. The van der Waals surface area contributed by atoms with Gasteiger partial charge in [-0.25, -0.2) is 19.9 Å². The van der Waals surface area contributed by atoms with Crippen molar-refractivity contribution in [2.75, 3.05) is 22.9 Å². The highest BCUT2D eigenvalue weighted by molar-refractivity contribution is 5.45. The summed E-state index contributed by atoms with van der Waals surface area (Å²) in [6, 6.07) is 6.67. The second-order valence-corrected chi connectivity index (χ2v) is 5.95. The molecule has 0 amide bonds. The van der Waals surface area contributed by atoms with E-state index in [0.717, 1.165) is 25.3 Å². The quantitative estimate of drug-likeness (QED) is 0.844. The van der Waals surface area contributed by atoms with Crippen molar-refractivity contribution in [2.24, 2.45) is 0 Å². The van der Waals surface area contributed by atoms with Crippen molar-refractivity contribution in [3.8, 4) is 6.07 Å². The molecule has 2 fully saturated rings. The number of aromatic nitrogens is 4. The van der Waals surface area contributed by atoms with Gasteiger partial charge in [-0.3, -0.25) is 0 Å². The molecule has 0 aromatic carbocycles. The van der Waals surface area contributed by atoms with Gasteiger partial charge < -0.3 is 9.80 Å². The van der Waals surface area contributed by atoms with Gasteiger partial charge in [0.05, 0.1) is 0 Å². The molecule has 2 aromatic rings. The van der Waals surface area contributed by atoms with Gasteiger partial charge >= 0.3 is 0 Å². The molecule has 2 aliphatic rings. The Balaban J connectivity index is 1.54. The first-order valence-electron chi connectivity index (χ1n) is 7.87. The SMILES string of the molecule is N#Cc1ccnc(N2CCC(N(c3ccncn3)C3CC3)C2)n1. The smallest absolute Gasteiger partial charge is 0.226 e. The van der Waals surface area contributed by atoms with E-state index in [-0.39, 0.29) is 0 Å². The van der Waals surface area contributed by atoms with E-state index in [4.69, 9.17) is 5.26 Å². The zero-order valence-electron chi connectivity index (χ0n) is 12.7. The third-order valence-electron chi connectivity index (χ3n) is 4.37. The van der Waals surface area contributed by atoms with E-state index in [0.29, 0.717) is 23.7 Å². The Morgan fingerprint density at radius 3 is 2.78 bits per heavy atom. The number of nitriles is 1. The van der Waals surface area contributed by atoms with Gasteiger partial charge in [-0.05, 0) is 31.4 Å². The van der Waals surface area contributed by atoms with Crippen LogP contribution in [-0.4, -0.2) is 45.1 Å². The second-order valence-electron chi connectivity index (χ2n) is 5.95. The number of anilines is 2. The molecule has 1 atom stereocenters. The van der Waals surface area contributed by atoms with Crippen molar-refractivity contribution in [3.05, 3.63) is 36.5 Å². The predicted molar refractivity (Wildman–Crippen MR) is 84.9 cm³/mol. The molecule has 1 saturated heterocycles. The molecular weight excluding hydrogens is 290 g/mol. The van der Waals surface area contributed by atoms with Gasteiger partial charge in [-0.1, -0.05) is 0 Å². The fourth-order valence-electron chi connectivity index (χ4n) is 3.17. The molecule has 0 spiro atoms. The van der Waals surface area contributed by atoms with Crippen molar-refractivity contribution in [2.45, 2.75) is 31.3 Å². The van der Waals surface area contributed by atoms with Gasteiger partial charge in [-0.15, -0.1) is 0 Å². The standard InChI is InChI=1S/C16H17N7/c17-9-12-3-7-19-16(21-12)22-8-5-14(10-22)23(13-1-2-13)15-4-6-18-11-20-15/h3-4,6-7,11,13-14H,1-2,5,8,10H2. The lowest BCUT2D eigenvalue weighted by Crippen LogP contribution is -2.40. The monoisotopic (exact) mass is 307 g/mol. The molecule has 1 unspecified atom stereocenters. The van der Waals surface area contributed by atoms with E-state index in [1.54, 1.807) is 24.8 Å². The number of hydrogen-bond donors (Lipinski definition) is 0. The lowest BCUT2D eigenvalue weighted by molar-refractivity contribution is 0.624. The van der Waals surface area contributed by atoms with Crippen LogP contribution in [0.4, 0.5) is 11.8 Å². The molecular formula is C16H17N7. The first-order valence-corrected chi connectivity index (χ1v) is 7.87. The van der Waals surface area contributed by atoms with Gasteiger partial charge in [0.2, 0.25) is 5.95 Å². The molecule has 0 bridgehead atoms. The Hall–Kier alpha value is -2.75. The van der Waals surface area contributed by atoms with Gasteiger partial charge in [-0.2, -0.15) is 5.26 Å². The number of hydrogen-bond acceptors (Lipinski definition) is 7. The summed E-state index contributed by atoms with van der Waals surface area (Å²) < 4.78 is 0. The number of rotatable bonds is 4. The zero-order valence-corrected chi connectivity index (χ0v) is 12.7. The van der Waals surface area contributed by atoms with Gasteiger partial charge in [0, 0.05) is 37.6 Å². The maximum Gasteiger partial charge on any atom is 0.226 e. The second kappa shape index (κ2) is 5.80. The fraction of sp³-hybridized carbons (Fsp3) is 0.438. The van der Waals surface area contributed by atoms with Crippen molar-refractivity contribution < 1.29 is 0 Å². The van der Waals surface area contributed by atoms with Crippen LogP contribution < -0.4 is 9.80 Å². The summed E-state index contributed by atoms with van der Waals surface area (Å²) in [7, 11) is 0. The van der Waals surface area contributed by atoms with Crippen molar-refractivity contribution in [3.63, 3.8) is 0 Å². The Morgan fingerprint density at radius 1 is 1.13 bits per heavy atom. The molecule has 3 heterocycles. The number of nitrogens with zero attached hydrogens (tertiary/aromatic N) is 7. The minimum atomic E-state index is 0.395. The third kappa shape index (κ3) is 2.80. The molecule has 7 heteroatoms. The highest BCUT2D eigenvalue weighted by Gasteiger charge is 2.38. The van der Waals surface area contributed by atoms with Gasteiger partial charge in [0.1, 0.15) is 23.9 Å². The first kappa shape index (κ1) is 13.9. The van der Waals surface area contributed by atoms with E-state index in [9.17, 15) is 0 Å². The summed E-state index contributed by atoms with van der Waals surface area (Å²) in [6.07, 6.45) is 8.54. The summed E-state index contributed by atoms with van der Waals surface area (Å²) >= 11 is 0. The molecule has 23 heavy (non-hydrogen) atoms. The summed E-state index contributed by atoms with van der Waals surface area (Å²) in [5.74, 6) is 1.64. The molecule has 1 saturated carbocycles. The molecule has 1 aliphatic heterocycles. The van der Waals surface area contributed by atoms with E-state index in [2.05, 4.69) is 35.8 Å². The Kier molecular flexibility index (Phi) is 3.50. The van der Waals surface area contributed by atoms with E-state index >= 15 is 0 Å². The van der Waals surface area contributed by atoms with Crippen LogP contribution in [0.15, 0.2) is 30.9 Å². The largest absolute Gasteiger partial charge is 0.349 e. The Labute approximate surface area is 134 Å². The third-order valence-corrected chi connectivity index (χ3v) is 4.37. The first-order chi connectivity index (χ1) is 11.3. The van der Waals surface area contributed by atoms with Gasteiger partial charge in [0.15, 0.2) is 0 Å². The maximum absolute atomic E-state index is 8.99. The van der Waals surface area contributed by atoms with Crippen LogP contribution in [-0.2, 0) is 0 Å². The molecule has 2 aromatic heterocycles. The average Bonchev–Trinajstić information content (AvgIpc) is 3.32. The predicted octanol–water partition coefficient (Wildman–Crippen LogP) is 1.39. The van der Waals surface area contributed by atoms with Crippen LogP contribution >= 0.6 is 0 Å². The average molecular weight is 307 g/mol. The molecule has 0 radical (unpaired) electrons. The maximum atomic E-state index is 8.99. The molecule has 0 N–H and O–H groups in total.